The van der Waals surface area contributed by atoms with E-state index >= 15 is 0 Å². The molecule has 0 spiro atoms. The number of hydrogen-bond acceptors (Lipinski definition) is 2. The Balaban J connectivity index is 2.56. The maximum Gasteiger partial charge on any atom is 0.0378 e. The summed E-state index contributed by atoms with van der Waals surface area (Å²) in [6.07, 6.45) is 0. The minimum Gasteiger partial charge on any atom is -0.327 e. The van der Waals surface area contributed by atoms with Crippen LogP contribution in [0.5, 0.6) is 0 Å². The monoisotopic (exact) mass is 205 g/mol. The van der Waals surface area contributed by atoms with Gasteiger partial charge in [-0.1, -0.05) is 25.1 Å². The molecule has 0 aliphatic rings. The predicted molar refractivity (Wildman–Crippen MR) is 63.9 cm³/mol. The fourth-order valence-corrected chi connectivity index (χ4v) is 2.67. The SMILES string of the molecule is CC(N)C(C)c1cccc2ccsc12. The molecule has 2 atom stereocenters. The van der Waals surface area contributed by atoms with Gasteiger partial charge in [-0.2, -0.15) is 0 Å². The van der Waals surface area contributed by atoms with E-state index in [9.17, 15) is 0 Å². The van der Waals surface area contributed by atoms with Crippen LogP contribution in [0.1, 0.15) is 25.3 Å². The maximum atomic E-state index is 5.93. The van der Waals surface area contributed by atoms with Gasteiger partial charge in [-0.3, -0.25) is 0 Å². The second kappa shape index (κ2) is 3.71. The Morgan fingerprint density at radius 1 is 1.21 bits per heavy atom. The number of fused-ring (bicyclic) bond motifs is 1. The molecule has 74 valence electrons. The van der Waals surface area contributed by atoms with Crippen molar-refractivity contribution >= 4 is 21.4 Å². The number of hydrogen-bond donors (Lipinski definition) is 1. The van der Waals surface area contributed by atoms with Gasteiger partial charge in [0.25, 0.3) is 0 Å². The van der Waals surface area contributed by atoms with Gasteiger partial charge in [0.05, 0.1) is 0 Å². The van der Waals surface area contributed by atoms with Crippen molar-refractivity contribution in [3.05, 3.63) is 35.2 Å². The van der Waals surface area contributed by atoms with Crippen molar-refractivity contribution in [2.45, 2.75) is 25.8 Å². The van der Waals surface area contributed by atoms with Gasteiger partial charge in [0, 0.05) is 10.7 Å². The fourth-order valence-electron chi connectivity index (χ4n) is 1.66. The summed E-state index contributed by atoms with van der Waals surface area (Å²) in [6.45, 7) is 4.26. The van der Waals surface area contributed by atoms with Gasteiger partial charge in [0.1, 0.15) is 0 Å². The zero-order valence-electron chi connectivity index (χ0n) is 8.53. The van der Waals surface area contributed by atoms with Crippen molar-refractivity contribution in [2.75, 3.05) is 0 Å². The maximum absolute atomic E-state index is 5.93. The quantitative estimate of drug-likeness (QED) is 0.799. The summed E-state index contributed by atoms with van der Waals surface area (Å²) >= 11 is 1.80. The lowest BCUT2D eigenvalue weighted by Crippen LogP contribution is -2.22. The topological polar surface area (TPSA) is 26.0 Å². The van der Waals surface area contributed by atoms with E-state index in [1.807, 2.05) is 0 Å². The van der Waals surface area contributed by atoms with Gasteiger partial charge in [-0.25, -0.2) is 0 Å². The van der Waals surface area contributed by atoms with E-state index in [2.05, 4.69) is 43.5 Å². The fraction of sp³-hybridized carbons (Fsp3) is 0.333. The number of thiophene rings is 1. The third kappa shape index (κ3) is 1.56. The molecule has 14 heavy (non-hydrogen) atoms. The molecule has 1 aromatic carbocycles. The Kier molecular flexibility index (Phi) is 2.57. The third-order valence-corrected chi connectivity index (χ3v) is 3.77. The smallest absolute Gasteiger partial charge is 0.0378 e. The molecule has 0 radical (unpaired) electrons. The Labute approximate surface area is 88.6 Å². The summed E-state index contributed by atoms with van der Waals surface area (Å²) in [7, 11) is 0. The van der Waals surface area contributed by atoms with Crippen LogP contribution in [0.25, 0.3) is 10.1 Å². The van der Waals surface area contributed by atoms with Gasteiger partial charge in [-0.05, 0) is 35.2 Å². The van der Waals surface area contributed by atoms with Crippen LogP contribution in [-0.2, 0) is 0 Å². The Bertz CT molecular complexity index is 431. The summed E-state index contributed by atoms with van der Waals surface area (Å²) in [5.41, 5.74) is 7.31. The molecule has 0 bridgehead atoms. The van der Waals surface area contributed by atoms with Crippen molar-refractivity contribution in [1.82, 2.24) is 0 Å². The van der Waals surface area contributed by atoms with Gasteiger partial charge >= 0.3 is 0 Å². The first-order chi connectivity index (χ1) is 6.70. The lowest BCUT2D eigenvalue weighted by atomic mass is 9.94. The molecule has 2 rings (SSSR count). The first-order valence-electron chi connectivity index (χ1n) is 4.92. The summed E-state index contributed by atoms with van der Waals surface area (Å²) in [5.74, 6) is 0.428. The average molecular weight is 205 g/mol. The second-order valence-corrected chi connectivity index (χ2v) is 4.75. The van der Waals surface area contributed by atoms with Crippen LogP contribution in [0.3, 0.4) is 0 Å². The molecule has 1 heterocycles. The highest BCUT2D eigenvalue weighted by atomic mass is 32.1. The largest absolute Gasteiger partial charge is 0.327 e. The Morgan fingerprint density at radius 3 is 2.71 bits per heavy atom. The van der Waals surface area contributed by atoms with Crippen molar-refractivity contribution in [1.29, 1.82) is 0 Å². The van der Waals surface area contributed by atoms with E-state index in [1.165, 1.54) is 15.6 Å². The highest BCUT2D eigenvalue weighted by Crippen LogP contribution is 2.30. The molecular weight excluding hydrogens is 190 g/mol. The minimum absolute atomic E-state index is 0.211. The standard InChI is InChI=1S/C12H15NS/c1-8(9(2)13)11-5-3-4-10-6-7-14-12(10)11/h3-9H,13H2,1-2H3. The molecule has 0 aliphatic heterocycles. The van der Waals surface area contributed by atoms with E-state index < -0.39 is 0 Å². The third-order valence-electron chi connectivity index (χ3n) is 2.79. The number of nitrogens with two attached hydrogens (primary N) is 1. The molecule has 2 heteroatoms. The molecule has 2 N–H and O–H groups in total. The Morgan fingerprint density at radius 2 is 2.00 bits per heavy atom. The van der Waals surface area contributed by atoms with E-state index in [1.54, 1.807) is 11.3 Å². The summed E-state index contributed by atoms with van der Waals surface area (Å²) in [4.78, 5) is 0. The van der Waals surface area contributed by atoms with E-state index in [0.29, 0.717) is 5.92 Å². The van der Waals surface area contributed by atoms with Gasteiger partial charge in [0.15, 0.2) is 0 Å². The van der Waals surface area contributed by atoms with Crippen LogP contribution in [0.2, 0.25) is 0 Å². The predicted octanol–water partition coefficient (Wildman–Crippen LogP) is 3.35. The lowest BCUT2D eigenvalue weighted by Gasteiger charge is -2.16. The minimum atomic E-state index is 0.211. The number of benzene rings is 1. The Hall–Kier alpha value is -0.860. The summed E-state index contributed by atoms with van der Waals surface area (Å²) in [6, 6.07) is 8.83. The highest BCUT2D eigenvalue weighted by molar-refractivity contribution is 7.17. The summed E-state index contributed by atoms with van der Waals surface area (Å²) in [5, 5.41) is 3.47. The molecule has 0 aliphatic carbocycles. The molecular formula is C12H15NS. The number of rotatable bonds is 2. The van der Waals surface area contributed by atoms with Crippen LogP contribution < -0.4 is 5.73 Å². The lowest BCUT2D eigenvalue weighted by molar-refractivity contribution is 0.617. The van der Waals surface area contributed by atoms with Crippen molar-refractivity contribution in [3.63, 3.8) is 0 Å². The van der Waals surface area contributed by atoms with E-state index in [4.69, 9.17) is 5.73 Å². The first kappa shape index (κ1) is 9.69. The zero-order chi connectivity index (χ0) is 10.1. The van der Waals surface area contributed by atoms with Crippen molar-refractivity contribution in [3.8, 4) is 0 Å². The molecule has 0 saturated heterocycles. The molecule has 0 amide bonds. The van der Waals surface area contributed by atoms with Crippen LogP contribution >= 0.6 is 11.3 Å². The van der Waals surface area contributed by atoms with Crippen LogP contribution in [0.4, 0.5) is 0 Å². The molecule has 0 fully saturated rings. The van der Waals surface area contributed by atoms with Crippen molar-refractivity contribution in [2.24, 2.45) is 5.73 Å². The highest BCUT2D eigenvalue weighted by Gasteiger charge is 2.13. The van der Waals surface area contributed by atoms with Gasteiger partial charge in [0.2, 0.25) is 0 Å². The molecule has 1 aromatic heterocycles. The zero-order valence-corrected chi connectivity index (χ0v) is 9.34. The molecule has 1 nitrogen and oxygen atoms in total. The van der Waals surface area contributed by atoms with E-state index in [0.717, 1.165) is 0 Å². The summed E-state index contributed by atoms with van der Waals surface area (Å²) < 4.78 is 1.39. The second-order valence-electron chi connectivity index (χ2n) is 3.83. The van der Waals surface area contributed by atoms with E-state index in [-0.39, 0.29) is 6.04 Å². The average Bonchev–Trinajstić information content (AvgIpc) is 2.63. The molecule has 2 aromatic rings. The molecule has 0 saturated carbocycles. The normalized spacial score (nSPS) is 15.6. The van der Waals surface area contributed by atoms with Gasteiger partial charge in [-0.15, -0.1) is 11.3 Å². The van der Waals surface area contributed by atoms with Crippen LogP contribution in [0, 0.1) is 0 Å². The molecule has 2 unspecified atom stereocenters. The van der Waals surface area contributed by atoms with Crippen molar-refractivity contribution < 1.29 is 0 Å². The van der Waals surface area contributed by atoms with Crippen LogP contribution in [-0.4, -0.2) is 6.04 Å². The van der Waals surface area contributed by atoms with Crippen LogP contribution in [0.15, 0.2) is 29.6 Å². The first-order valence-corrected chi connectivity index (χ1v) is 5.80. The van der Waals surface area contributed by atoms with Gasteiger partial charge < -0.3 is 5.73 Å².